The van der Waals surface area contributed by atoms with Gasteiger partial charge < -0.3 is 0 Å². The van der Waals surface area contributed by atoms with E-state index in [-0.39, 0.29) is 29.7 Å². The van der Waals surface area contributed by atoms with Crippen molar-refractivity contribution in [3.8, 4) is 0 Å². The van der Waals surface area contributed by atoms with E-state index < -0.39 is 16.1 Å². The Morgan fingerprint density at radius 3 is 0.633 bits per heavy atom. The summed E-state index contributed by atoms with van der Waals surface area (Å²) in [5.41, 5.74) is 0. The van der Waals surface area contributed by atoms with Gasteiger partial charge in [0.15, 0.2) is 0 Å². The van der Waals surface area contributed by atoms with Gasteiger partial charge in [-0.3, -0.25) is 0 Å². The van der Waals surface area contributed by atoms with Crippen molar-refractivity contribution >= 4 is 26.5 Å². The maximum Gasteiger partial charge on any atom is 0.0775 e. The van der Waals surface area contributed by atoms with Gasteiger partial charge in [0.1, 0.15) is 0 Å². The van der Waals surface area contributed by atoms with Crippen LogP contribution in [0.4, 0.5) is 0 Å². The number of hydrogen-bond acceptors (Lipinski definition) is 0. The first-order chi connectivity index (χ1) is 12.2. The molecule has 170 valence electrons. The van der Waals surface area contributed by atoms with Crippen LogP contribution in [0.25, 0.3) is 0 Å². The van der Waals surface area contributed by atoms with Gasteiger partial charge in [-0.05, 0) is 0 Å². The van der Waals surface area contributed by atoms with E-state index in [9.17, 15) is 0 Å². The molecule has 0 radical (unpaired) electrons. The average Bonchev–Trinajstić information content (AvgIpc) is 2.64. The molecule has 0 fully saturated rings. The Bertz CT molecular complexity index is 618. The zero-order valence-corrected chi connectivity index (χ0v) is 19.2. The van der Waals surface area contributed by atoms with Crippen LogP contribution in [0, 0.1) is 0 Å². The zero-order valence-electron chi connectivity index (χ0n) is 17.2. The Balaban J connectivity index is -0.000000162. The van der Waals surface area contributed by atoms with Gasteiger partial charge in [0.05, 0.1) is 16.1 Å². The van der Waals surface area contributed by atoms with E-state index in [1.807, 2.05) is 36.4 Å². The molecule has 0 saturated carbocycles. The van der Waals surface area contributed by atoms with Crippen molar-refractivity contribution in [3.05, 3.63) is 97.1 Å². The molecule has 0 atom stereocenters. The first kappa shape index (κ1) is 35.5. The topological polar surface area (TPSA) is 0 Å². The Labute approximate surface area is 192 Å². The Hall–Kier alpha value is -1.91. The van der Waals surface area contributed by atoms with Gasteiger partial charge in [0.25, 0.3) is 0 Å². The summed E-state index contributed by atoms with van der Waals surface area (Å²) in [5, 5.41) is 3.07. The molecule has 0 saturated heterocycles. The number of hydrogen-bond donors (Lipinski definition) is 0. The molecule has 0 spiro atoms. The highest BCUT2D eigenvalue weighted by Gasteiger charge is 2.15. The van der Waals surface area contributed by atoms with Crippen LogP contribution in [-0.2, 0) is 0 Å². The van der Waals surface area contributed by atoms with Crippen LogP contribution in [0.1, 0.15) is 29.7 Å². The van der Waals surface area contributed by atoms with Crippen LogP contribution in [0.15, 0.2) is 97.1 Å². The summed E-state index contributed by atoms with van der Waals surface area (Å²) in [4.78, 5) is 0. The van der Waals surface area contributed by atoms with Crippen LogP contribution >= 0.6 is 0 Å². The van der Waals surface area contributed by atoms with Crippen molar-refractivity contribution in [2.24, 2.45) is 0 Å². The van der Waals surface area contributed by atoms with Gasteiger partial charge >= 0.3 is 0 Å². The molecule has 0 unspecified atom stereocenters. The average molecular weight is 443 g/mol. The molecule has 0 aliphatic carbocycles. The predicted molar refractivity (Wildman–Crippen MR) is 152 cm³/mol. The van der Waals surface area contributed by atoms with E-state index >= 15 is 0 Å². The lowest BCUT2D eigenvalue weighted by Crippen LogP contribution is -2.37. The number of rotatable bonds is 2. The van der Waals surface area contributed by atoms with E-state index in [1.165, 1.54) is 10.4 Å². The molecule has 30 heavy (non-hydrogen) atoms. The van der Waals surface area contributed by atoms with Crippen LogP contribution in [-0.4, -0.2) is 16.1 Å². The Morgan fingerprint density at radius 1 is 0.333 bits per heavy atom. The van der Waals surface area contributed by atoms with Crippen molar-refractivity contribution in [1.29, 1.82) is 0 Å². The van der Waals surface area contributed by atoms with Crippen LogP contribution in [0.5, 0.6) is 0 Å². The molecule has 0 aromatic heterocycles. The van der Waals surface area contributed by atoms with E-state index in [4.69, 9.17) is 0 Å². The van der Waals surface area contributed by atoms with Gasteiger partial charge in [0, 0.05) is 0 Å². The van der Waals surface area contributed by atoms with Gasteiger partial charge in [-0.1, -0.05) is 176 Å². The molecule has 3 rings (SSSR count). The second-order valence-corrected chi connectivity index (χ2v) is 18.5. The summed E-state index contributed by atoms with van der Waals surface area (Å²) in [6, 6.07) is 33.5. The van der Waals surface area contributed by atoms with Gasteiger partial charge in [-0.15, -0.1) is 0 Å². The molecule has 0 bridgehead atoms. The number of benzene rings is 3. The lowest BCUT2D eigenvalue weighted by molar-refractivity contribution is 1.68. The van der Waals surface area contributed by atoms with Crippen molar-refractivity contribution in [3.63, 3.8) is 0 Å². The Morgan fingerprint density at radius 2 is 0.500 bits per heavy atom. The highest BCUT2D eigenvalue weighted by Crippen LogP contribution is 2.01. The molecular formula is C28H50Si2. The molecule has 0 aliphatic rings. The SMILES string of the molecule is C.C.C.C.C[Si](C)(C)c1ccccc1.C[Si](C)(C)c1ccccc1.c1ccccc1. The van der Waals surface area contributed by atoms with E-state index in [0.717, 1.165) is 0 Å². The van der Waals surface area contributed by atoms with Crippen molar-refractivity contribution in [2.75, 3.05) is 0 Å². The van der Waals surface area contributed by atoms with Gasteiger partial charge in [-0.2, -0.15) is 0 Å². The summed E-state index contributed by atoms with van der Waals surface area (Å²) >= 11 is 0. The molecule has 0 heterocycles. The van der Waals surface area contributed by atoms with Crippen molar-refractivity contribution < 1.29 is 0 Å². The molecule has 0 N–H and O–H groups in total. The molecule has 3 aromatic carbocycles. The third-order valence-electron chi connectivity index (χ3n) is 3.95. The molecule has 3 aromatic rings. The Kier molecular flexibility index (Phi) is 21.2. The fourth-order valence-corrected chi connectivity index (χ4v) is 4.65. The van der Waals surface area contributed by atoms with E-state index in [2.05, 4.69) is 99.9 Å². The van der Waals surface area contributed by atoms with Crippen molar-refractivity contribution in [2.45, 2.75) is 69.0 Å². The summed E-state index contributed by atoms with van der Waals surface area (Å²) in [6.45, 7) is 14.2. The molecule has 0 nitrogen and oxygen atoms in total. The first-order valence-electron chi connectivity index (χ1n) is 9.32. The van der Waals surface area contributed by atoms with Crippen LogP contribution in [0.3, 0.4) is 0 Å². The molecule has 0 amide bonds. The second kappa shape index (κ2) is 17.9. The van der Waals surface area contributed by atoms with Gasteiger partial charge in [-0.25, -0.2) is 0 Å². The van der Waals surface area contributed by atoms with E-state index in [0.29, 0.717) is 0 Å². The normalized spacial score (nSPS) is 9.27. The molecule has 0 aliphatic heterocycles. The maximum atomic E-state index is 2.36. The monoisotopic (exact) mass is 442 g/mol. The predicted octanol–water partition coefficient (Wildman–Crippen LogP) is 8.69. The minimum absolute atomic E-state index is 0. The fraction of sp³-hybridized carbons (Fsp3) is 0.357. The van der Waals surface area contributed by atoms with E-state index in [1.54, 1.807) is 0 Å². The highest BCUT2D eigenvalue weighted by molar-refractivity contribution is 6.89. The lowest BCUT2D eigenvalue weighted by Gasteiger charge is -2.15. The van der Waals surface area contributed by atoms with Crippen LogP contribution in [0.2, 0.25) is 39.3 Å². The summed E-state index contributed by atoms with van der Waals surface area (Å²) in [6.07, 6.45) is 0. The summed E-state index contributed by atoms with van der Waals surface area (Å²) in [7, 11) is -2.07. The zero-order chi connectivity index (χ0) is 19.5. The summed E-state index contributed by atoms with van der Waals surface area (Å²) in [5.74, 6) is 0. The maximum absolute atomic E-state index is 2.36. The minimum atomic E-state index is -1.03. The largest absolute Gasteiger partial charge is 0.0776 e. The first-order valence-corrected chi connectivity index (χ1v) is 16.3. The third-order valence-corrected chi connectivity index (χ3v) is 8.08. The lowest BCUT2D eigenvalue weighted by atomic mass is 10.4. The molecule has 2 heteroatoms. The molecular weight excluding hydrogens is 392 g/mol. The second-order valence-electron chi connectivity index (χ2n) is 8.39. The van der Waals surface area contributed by atoms with Crippen LogP contribution < -0.4 is 10.4 Å². The quantitative estimate of drug-likeness (QED) is 0.348. The smallest absolute Gasteiger partial charge is 0.0775 e. The van der Waals surface area contributed by atoms with Gasteiger partial charge in [0.2, 0.25) is 0 Å². The summed E-state index contributed by atoms with van der Waals surface area (Å²) < 4.78 is 0. The minimum Gasteiger partial charge on any atom is -0.0776 e. The third kappa shape index (κ3) is 16.0. The van der Waals surface area contributed by atoms with Crippen molar-refractivity contribution in [1.82, 2.24) is 0 Å². The standard InChI is InChI=1S/2C9H14Si.C6H6.4CH4/c2*1-10(2,3)9-7-5-4-6-8-9;1-2-4-6-5-3-1;;;;/h2*4-8H,1-3H3;1-6H;4*1H4. The highest BCUT2D eigenvalue weighted by atomic mass is 28.3. The fourth-order valence-electron chi connectivity index (χ4n) is 2.26.